The number of aldehydes is 1. The molecule has 0 aromatic carbocycles. The molecule has 1 fully saturated rings. The summed E-state index contributed by atoms with van der Waals surface area (Å²) in [6, 6.07) is 0. The van der Waals surface area contributed by atoms with E-state index in [1.54, 1.807) is 0 Å². The van der Waals surface area contributed by atoms with Crippen LogP contribution in [-0.4, -0.2) is 58.5 Å². The van der Waals surface area contributed by atoms with Gasteiger partial charge in [0.1, 0.15) is 18.5 Å². The highest BCUT2D eigenvalue weighted by molar-refractivity contribution is 6.99. The van der Waals surface area contributed by atoms with Gasteiger partial charge in [-0.3, -0.25) is 9.28 Å². The van der Waals surface area contributed by atoms with Gasteiger partial charge >= 0.3 is 5.97 Å². The average Bonchev–Trinajstić information content (AvgIpc) is 3.52. The van der Waals surface area contributed by atoms with Gasteiger partial charge in [-0.2, -0.15) is 4.37 Å². The Morgan fingerprint density at radius 2 is 1.47 bits per heavy atom. The zero-order valence-corrected chi connectivity index (χ0v) is 31.0. The normalized spacial score (nSPS) is 18.8. The Bertz CT molecular complexity index is 1010. The van der Waals surface area contributed by atoms with Crippen LogP contribution in [0.4, 0.5) is 0 Å². The van der Waals surface area contributed by atoms with E-state index in [0.717, 1.165) is 80.9 Å². The Morgan fingerprint density at radius 3 is 2.04 bits per heavy atom. The zero-order chi connectivity index (χ0) is 33.4. The average molecular weight is 675 g/mol. The lowest BCUT2D eigenvalue weighted by Gasteiger charge is -2.47. The maximum Gasteiger partial charge on any atom is 0.310 e. The Hall–Kier alpha value is -1.80. The molecule has 8 heteroatoms. The van der Waals surface area contributed by atoms with Crippen molar-refractivity contribution in [3.05, 3.63) is 11.8 Å². The quantitative estimate of drug-likeness (QED) is 0.0364. The van der Waals surface area contributed by atoms with Gasteiger partial charge in [-0.25, -0.2) is 0 Å². The third-order valence-electron chi connectivity index (χ3n) is 10.4. The third kappa shape index (κ3) is 15.5. The van der Waals surface area contributed by atoms with E-state index >= 15 is 0 Å². The van der Waals surface area contributed by atoms with E-state index in [2.05, 4.69) is 28.8 Å². The van der Waals surface area contributed by atoms with Crippen LogP contribution in [0.3, 0.4) is 0 Å². The molecule has 0 radical (unpaired) electrons. The first-order valence-corrected chi connectivity index (χ1v) is 20.4. The summed E-state index contributed by atoms with van der Waals surface area (Å²) in [7, 11) is 2.27. The van der Waals surface area contributed by atoms with Gasteiger partial charge < -0.3 is 14.3 Å². The van der Waals surface area contributed by atoms with Crippen molar-refractivity contribution >= 4 is 29.6 Å². The summed E-state index contributed by atoms with van der Waals surface area (Å²) in [4.78, 5) is 23.5. The number of quaternary nitrogens is 1. The van der Waals surface area contributed by atoms with E-state index in [9.17, 15) is 9.59 Å². The van der Waals surface area contributed by atoms with Crippen molar-refractivity contribution in [3.63, 3.8) is 0 Å². The molecule has 268 valence electrons. The molecule has 0 saturated heterocycles. The smallest absolute Gasteiger partial charge is 0.310 e. The number of hydrogen-bond acceptors (Lipinski definition) is 7. The summed E-state index contributed by atoms with van der Waals surface area (Å²) in [6.45, 7) is 4.69. The van der Waals surface area contributed by atoms with Crippen molar-refractivity contribution < 1.29 is 23.5 Å². The monoisotopic (exact) mass is 674 g/mol. The molecule has 7 nitrogen and oxygen atoms in total. The molecule has 0 spiro atoms. The molecule has 47 heavy (non-hydrogen) atoms. The first-order valence-electron chi connectivity index (χ1n) is 19.7. The van der Waals surface area contributed by atoms with Crippen LogP contribution in [0.5, 0.6) is 5.88 Å². The second-order valence-corrected chi connectivity index (χ2v) is 15.2. The Morgan fingerprint density at radius 1 is 0.872 bits per heavy atom. The Balaban J connectivity index is 1.27. The molecule has 2 aliphatic rings. The lowest BCUT2D eigenvalue weighted by molar-refractivity contribution is -0.951. The predicted octanol–water partition coefficient (Wildman–Crippen LogP) is 10.6. The van der Waals surface area contributed by atoms with Crippen LogP contribution in [0.15, 0.2) is 6.08 Å². The highest BCUT2D eigenvalue weighted by atomic mass is 32.1. The van der Waals surface area contributed by atoms with Gasteiger partial charge in [0.15, 0.2) is 0 Å². The number of rotatable bonds is 29. The minimum absolute atomic E-state index is 0.0123. The summed E-state index contributed by atoms with van der Waals surface area (Å²) in [5.74, 6) is 1.11. The lowest BCUT2D eigenvalue weighted by atomic mass is 9.82. The molecule has 3 rings (SSSR count). The van der Waals surface area contributed by atoms with E-state index in [-0.39, 0.29) is 12.2 Å². The second-order valence-electron chi connectivity index (χ2n) is 14.6. The first-order chi connectivity index (χ1) is 23.1. The summed E-state index contributed by atoms with van der Waals surface area (Å²) in [6.07, 6.45) is 34.0. The third-order valence-corrected chi connectivity index (χ3v) is 10.9. The highest BCUT2D eigenvalue weighted by Crippen LogP contribution is 2.39. The van der Waals surface area contributed by atoms with Crippen LogP contribution in [0.1, 0.15) is 180 Å². The summed E-state index contributed by atoms with van der Waals surface area (Å²) >= 11 is 1.23. The van der Waals surface area contributed by atoms with Crippen molar-refractivity contribution in [1.82, 2.24) is 8.75 Å². The van der Waals surface area contributed by atoms with Crippen LogP contribution in [0, 0.1) is 5.92 Å². The molecule has 1 saturated carbocycles. The van der Waals surface area contributed by atoms with E-state index < -0.39 is 0 Å². The van der Waals surface area contributed by atoms with Gasteiger partial charge in [0.05, 0.1) is 31.9 Å². The number of likely N-dealkylation sites (N-methyl/N-ethyl adjacent to an activating group) is 1. The zero-order valence-electron chi connectivity index (χ0n) is 30.2. The van der Waals surface area contributed by atoms with Gasteiger partial charge in [0, 0.05) is 30.8 Å². The molecule has 0 bridgehead atoms. The van der Waals surface area contributed by atoms with Crippen LogP contribution in [0.25, 0.3) is 5.57 Å². The lowest BCUT2D eigenvalue weighted by Crippen LogP contribution is -2.60. The predicted molar refractivity (Wildman–Crippen MR) is 194 cm³/mol. The van der Waals surface area contributed by atoms with Gasteiger partial charge in [-0.1, -0.05) is 129 Å². The van der Waals surface area contributed by atoms with Gasteiger partial charge in [0.25, 0.3) is 5.88 Å². The number of aromatic nitrogens is 2. The number of hydrogen-bond donors (Lipinski definition) is 0. The highest BCUT2D eigenvalue weighted by Gasteiger charge is 2.46. The number of carbonyl (C=O) groups is 2. The van der Waals surface area contributed by atoms with E-state index in [0.29, 0.717) is 24.8 Å². The number of carbonyl (C=O) groups excluding carboxylic acids is 2. The molecule has 0 amide bonds. The molecule has 2 atom stereocenters. The van der Waals surface area contributed by atoms with E-state index in [1.807, 2.05) is 0 Å². The number of esters is 1. The fourth-order valence-corrected chi connectivity index (χ4v) is 7.78. The summed E-state index contributed by atoms with van der Waals surface area (Å²) in [5, 5.41) is 0. The topological polar surface area (TPSA) is 78.4 Å². The minimum Gasteiger partial charge on any atom is -0.475 e. The fraction of sp³-hybridized carbons (Fsp3) is 0.846. The molecular weight excluding hydrogens is 607 g/mol. The summed E-state index contributed by atoms with van der Waals surface area (Å²) in [5.41, 5.74) is 2.07. The maximum absolute atomic E-state index is 13.1. The van der Waals surface area contributed by atoms with Gasteiger partial charge in [0.2, 0.25) is 6.23 Å². The molecule has 1 aromatic heterocycles. The standard InChI is InChI=1S/C39H68N3O4S/c1-3-4-5-23-32-45-38-37(40-47-41-38)35-28-25-30-42(2,33-35)39(34-26-24-27-34)46-36(44)29-21-19-17-15-13-11-9-7-6-8-10-12-14-16-18-20-22-31-43/h28,31,34,39H,3-27,29-30,32-33H2,1-2H3/q+1. The SMILES string of the molecule is CCCCCCOc1nsnc1C1=CCC[N+](C)(C(OC(=O)CCCCCCCCCCCCCCCCCCC=O)C2CCC2)C1. The molecular formula is C39H68N3O4S+. The van der Waals surface area contributed by atoms with Crippen molar-refractivity contribution in [2.75, 3.05) is 26.7 Å². The minimum atomic E-state index is -0.0795. The molecule has 2 unspecified atom stereocenters. The van der Waals surface area contributed by atoms with Crippen LogP contribution in [0.2, 0.25) is 0 Å². The van der Waals surface area contributed by atoms with Gasteiger partial charge in [-0.15, -0.1) is 4.37 Å². The molecule has 0 N–H and O–H groups in total. The molecule has 1 aromatic rings. The van der Waals surface area contributed by atoms with Crippen LogP contribution >= 0.6 is 11.7 Å². The van der Waals surface area contributed by atoms with Crippen molar-refractivity contribution in [2.24, 2.45) is 5.92 Å². The number of nitrogens with zero attached hydrogens (tertiary/aromatic N) is 3. The van der Waals surface area contributed by atoms with E-state index in [1.165, 1.54) is 126 Å². The second kappa shape index (κ2) is 24.4. The number of ether oxygens (including phenoxy) is 2. The van der Waals surface area contributed by atoms with Gasteiger partial charge in [-0.05, 0) is 32.1 Å². The van der Waals surface area contributed by atoms with Crippen LogP contribution < -0.4 is 4.74 Å². The molecule has 1 aliphatic heterocycles. The first kappa shape index (κ1) is 39.6. The van der Waals surface area contributed by atoms with E-state index in [4.69, 9.17) is 9.47 Å². The van der Waals surface area contributed by atoms with Crippen molar-refractivity contribution in [3.8, 4) is 5.88 Å². The fourth-order valence-electron chi connectivity index (χ4n) is 7.25. The van der Waals surface area contributed by atoms with Crippen molar-refractivity contribution in [2.45, 2.75) is 180 Å². The van der Waals surface area contributed by atoms with Crippen molar-refractivity contribution in [1.29, 1.82) is 0 Å². The van der Waals surface area contributed by atoms with Crippen LogP contribution in [-0.2, 0) is 14.3 Å². The molecule has 1 aliphatic carbocycles. The maximum atomic E-state index is 13.1. The Labute approximate surface area is 291 Å². The molecule has 2 heterocycles. The largest absolute Gasteiger partial charge is 0.475 e. The summed E-state index contributed by atoms with van der Waals surface area (Å²) < 4.78 is 22.3. The number of unbranched alkanes of at least 4 members (excludes halogenated alkanes) is 19. The Kier molecular flexibility index (Phi) is 20.5.